The van der Waals surface area contributed by atoms with E-state index in [4.69, 9.17) is 10.2 Å². The van der Waals surface area contributed by atoms with E-state index in [1.807, 2.05) is 6.92 Å². The first-order chi connectivity index (χ1) is 6.99. The minimum atomic E-state index is -0.757. The average Bonchev–Trinajstić information content (AvgIpc) is 2.16. The lowest BCUT2D eigenvalue weighted by Crippen LogP contribution is -2.42. The number of rotatable bonds is 4. The number of aliphatic hydroxyl groups excluding tert-OH is 2. The first kappa shape index (κ1) is 11.9. The quantitative estimate of drug-likeness (QED) is 0.665. The van der Waals surface area contributed by atoms with Gasteiger partial charge in [0, 0.05) is 11.8 Å². The summed E-state index contributed by atoms with van der Waals surface area (Å²) in [5, 5.41) is 21.2. The second-order valence-corrected chi connectivity index (χ2v) is 3.94. The molecule has 3 N–H and O–H groups in total. The Morgan fingerprint density at radius 3 is 2.33 bits per heavy atom. The van der Waals surface area contributed by atoms with Crippen molar-refractivity contribution in [1.29, 1.82) is 0 Å². The van der Waals surface area contributed by atoms with E-state index in [1.54, 1.807) is 19.9 Å². The van der Waals surface area contributed by atoms with Gasteiger partial charge in [-0.25, -0.2) is 9.97 Å². The predicted octanol–water partition coefficient (Wildman–Crippen LogP) is 0.249. The summed E-state index contributed by atoms with van der Waals surface area (Å²) in [7, 11) is 0. The Morgan fingerprint density at radius 1 is 1.27 bits per heavy atom. The van der Waals surface area contributed by atoms with Crippen LogP contribution in [0.5, 0.6) is 0 Å². The van der Waals surface area contributed by atoms with Crippen LogP contribution in [0.3, 0.4) is 0 Å². The first-order valence-corrected chi connectivity index (χ1v) is 4.81. The lowest BCUT2D eigenvalue weighted by Gasteiger charge is -2.26. The molecule has 15 heavy (non-hydrogen) atoms. The molecule has 0 radical (unpaired) electrons. The third kappa shape index (κ3) is 3.14. The fourth-order valence-electron chi connectivity index (χ4n) is 1.22. The largest absolute Gasteiger partial charge is 0.394 e. The first-order valence-electron chi connectivity index (χ1n) is 4.81. The summed E-state index contributed by atoms with van der Waals surface area (Å²) in [6.07, 6.45) is 0. The summed E-state index contributed by atoms with van der Waals surface area (Å²) < 4.78 is 0. The van der Waals surface area contributed by atoms with E-state index < -0.39 is 5.54 Å². The molecule has 1 heterocycles. The van der Waals surface area contributed by atoms with Gasteiger partial charge in [-0.2, -0.15) is 0 Å². The van der Waals surface area contributed by atoms with Crippen molar-refractivity contribution in [1.82, 2.24) is 9.97 Å². The Labute approximate surface area is 89.2 Å². The Bertz CT molecular complexity index is 317. The molecule has 0 atom stereocenters. The molecular weight excluding hydrogens is 194 g/mol. The fraction of sp³-hybridized carbons (Fsp3) is 0.600. The molecule has 0 amide bonds. The van der Waals surface area contributed by atoms with Crippen molar-refractivity contribution in [3.8, 4) is 0 Å². The zero-order valence-corrected chi connectivity index (χ0v) is 9.28. The molecular formula is C10H17N3O2. The van der Waals surface area contributed by atoms with Crippen molar-refractivity contribution in [2.45, 2.75) is 26.3 Å². The molecule has 0 saturated carbocycles. The summed E-state index contributed by atoms with van der Waals surface area (Å²) in [5.74, 6) is 1.28. The minimum Gasteiger partial charge on any atom is -0.394 e. The topological polar surface area (TPSA) is 78.3 Å². The highest BCUT2D eigenvalue weighted by molar-refractivity contribution is 5.38. The van der Waals surface area contributed by atoms with Crippen LogP contribution in [-0.2, 0) is 0 Å². The van der Waals surface area contributed by atoms with Crippen LogP contribution in [0.1, 0.15) is 18.4 Å². The zero-order valence-electron chi connectivity index (χ0n) is 9.28. The highest BCUT2D eigenvalue weighted by Crippen LogP contribution is 2.13. The molecule has 1 aromatic heterocycles. The number of hydrogen-bond acceptors (Lipinski definition) is 5. The normalized spacial score (nSPS) is 11.5. The molecule has 1 rings (SSSR count). The van der Waals surface area contributed by atoms with Gasteiger partial charge in [-0.3, -0.25) is 0 Å². The van der Waals surface area contributed by atoms with Gasteiger partial charge in [0.25, 0.3) is 0 Å². The van der Waals surface area contributed by atoms with Crippen molar-refractivity contribution >= 4 is 5.82 Å². The second kappa shape index (κ2) is 4.55. The van der Waals surface area contributed by atoms with Crippen LogP contribution in [-0.4, -0.2) is 38.9 Å². The maximum absolute atomic E-state index is 9.12. The summed E-state index contributed by atoms with van der Waals surface area (Å²) >= 11 is 0. The van der Waals surface area contributed by atoms with Gasteiger partial charge in [0.2, 0.25) is 0 Å². The van der Waals surface area contributed by atoms with Crippen LogP contribution in [0.4, 0.5) is 5.82 Å². The van der Waals surface area contributed by atoms with Crippen LogP contribution in [0.25, 0.3) is 0 Å². The third-order valence-corrected chi connectivity index (χ3v) is 2.09. The van der Waals surface area contributed by atoms with E-state index in [0.717, 1.165) is 5.69 Å². The van der Waals surface area contributed by atoms with Gasteiger partial charge >= 0.3 is 0 Å². The van der Waals surface area contributed by atoms with Crippen molar-refractivity contribution in [2.75, 3.05) is 18.5 Å². The Balaban J connectivity index is 2.88. The van der Waals surface area contributed by atoms with Crippen molar-refractivity contribution in [3.05, 3.63) is 17.6 Å². The molecule has 0 spiro atoms. The fourth-order valence-corrected chi connectivity index (χ4v) is 1.22. The molecule has 0 aromatic carbocycles. The standard InChI is InChI=1S/C10H17N3O2/c1-7-4-9(12-8(2)11-7)13-10(3,5-14)6-15/h4,14-15H,5-6H2,1-3H3,(H,11,12,13). The Hall–Kier alpha value is -1.20. The highest BCUT2D eigenvalue weighted by Gasteiger charge is 2.22. The lowest BCUT2D eigenvalue weighted by atomic mass is 10.1. The molecule has 0 fully saturated rings. The molecule has 0 aliphatic carbocycles. The van der Waals surface area contributed by atoms with Crippen LogP contribution in [0.2, 0.25) is 0 Å². The zero-order chi connectivity index (χ0) is 11.5. The molecule has 0 unspecified atom stereocenters. The number of aliphatic hydroxyl groups is 2. The maximum Gasteiger partial charge on any atom is 0.130 e. The van der Waals surface area contributed by atoms with Gasteiger partial charge in [-0.15, -0.1) is 0 Å². The summed E-state index contributed by atoms with van der Waals surface area (Å²) in [4.78, 5) is 8.31. The molecule has 0 aliphatic heterocycles. The third-order valence-electron chi connectivity index (χ3n) is 2.09. The number of anilines is 1. The van der Waals surface area contributed by atoms with Crippen LogP contribution >= 0.6 is 0 Å². The molecule has 0 aliphatic rings. The van der Waals surface area contributed by atoms with Gasteiger partial charge in [0.05, 0.1) is 18.8 Å². The summed E-state index contributed by atoms with van der Waals surface area (Å²) in [6, 6.07) is 1.77. The lowest BCUT2D eigenvalue weighted by molar-refractivity contribution is 0.147. The van der Waals surface area contributed by atoms with Gasteiger partial charge < -0.3 is 15.5 Å². The summed E-state index contributed by atoms with van der Waals surface area (Å²) in [6.45, 7) is 5.07. The van der Waals surface area contributed by atoms with E-state index >= 15 is 0 Å². The van der Waals surface area contributed by atoms with E-state index in [-0.39, 0.29) is 13.2 Å². The molecule has 0 bridgehead atoms. The highest BCUT2D eigenvalue weighted by atomic mass is 16.3. The molecule has 1 aromatic rings. The summed E-state index contributed by atoms with van der Waals surface area (Å²) in [5.41, 5.74) is 0.0935. The number of hydrogen-bond donors (Lipinski definition) is 3. The molecule has 5 heteroatoms. The molecule has 0 saturated heterocycles. The maximum atomic E-state index is 9.12. The van der Waals surface area contributed by atoms with E-state index in [0.29, 0.717) is 11.6 Å². The Morgan fingerprint density at radius 2 is 1.87 bits per heavy atom. The van der Waals surface area contributed by atoms with E-state index in [1.165, 1.54) is 0 Å². The molecule has 84 valence electrons. The number of nitrogens with one attached hydrogen (secondary N) is 1. The predicted molar refractivity (Wildman–Crippen MR) is 57.7 cm³/mol. The van der Waals surface area contributed by atoms with Crippen LogP contribution in [0.15, 0.2) is 6.07 Å². The van der Waals surface area contributed by atoms with Crippen molar-refractivity contribution in [2.24, 2.45) is 0 Å². The smallest absolute Gasteiger partial charge is 0.130 e. The number of aryl methyl sites for hydroxylation is 2. The average molecular weight is 211 g/mol. The van der Waals surface area contributed by atoms with E-state index in [2.05, 4.69) is 15.3 Å². The minimum absolute atomic E-state index is 0.161. The van der Waals surface area contributed by atoms with E-state index in [9.17, 15) is 0 Å². The van der Waals surface area contributed by atoms with Crippen molar-refractivity contribution < 1.29 is 10.2 Å². The van der Waals surface area contributed by atoms with Crippen molar-refractivity contribution in [3.63, 3.8) is 0 Å². The second-order valence-electron chi connectivity index (χ2n) is 3.94. The van der Waals surface area contributed by atoms with Gasteiger partial charge in [0.15, 0.2) is 0 Å². The molecule has 5 nitrogen and oxygen atoms in total. The number of aromatic nitrogens is 2. The van der Waals surface area contributed by atoms with Crippen LogP contribution < -0.4 is 5.32 Å². The van der Waals surface area contributed by atoms with Gasteiger partial charge in [-0.1, -0.05) is 0 Å². The van der Waals surface area contributed by atoms with Gasteiger partial charge in [0.1, 0.15) is 11.6 Å². The Kier molecular flexibility index (Phi) is 3.60. The monoisotopic (exact) mass is 211 g/mol. The van der Waals surface area contributed by atoms with Crippen LogP contribution in [0, 0.1) is 13.8 Å². The SMILES string of the molecule is Cc1cc(NC(C)(CO)CO)nc(C)n1. The number of nitrogens with zero attached hydrogens (tertiary/aromatic N) is 2. The van der Waals surface area contributed by atoms with Gasteiger partial charge in [-0.05, 0) is 20.8 Å².